The van der Waals surface area contributed by atoms with Gasteiger partial charge in [0.25, 0.3) is 0 Å². The van der Waals surface area contributed by atoms with Crippen LogP contribution in [0.2, 0.25) is 0 Å². The Kier molecular flexibility index (Phi) is 13.1. The van der Waals surface area contributed by atoms with Gasteiger partial charge in [-0.25, -0.2) is 17.6 Å². The highest BCUT2D eigenvalue weighted by molar-refractivity contribution is 5.52. The van der Waals surface area contributed by atoms with Crippen LogP contribution < -0.4 is 0 Å². The molecule has 0 heterocycles. The Morgan fingerprint density at radius 1 is 0.286 bits per heavy atom. The van der Waals surface area contributed by atoms with E-state index in [1.807, 2.05) is 81.4 Å². The molecular formula is C52H40F4. The minimum absolute atomic E-state index is 0.00689. The van der Waals surface area contributed by atoms with Crippen LogP contribution >= 0.6 is 0 Å². The quantitative estimate of drug-likeness (QED) is 0.107. The number of aryl methyl sites for hydroxylation is 5. The van der Waals surface area contributed by atoms with Gasteiger partial charge in [0.1, 0.15) is 23.3 Å². The number of rotatable bonds is 0. The molecule has 6 aromatic rings. The summed E-state index contributed by atoms with van der Waals surface area (Å²) in [5.41, 5.74) is 12.9. The van der Waals surface area contributed by atoms with E-state index in [0.717, 1.165) is 38.9 Å². The molecule has 0 nitrogen and oxygen atoms in total. The molecule has 0 unspecified atom stereocenters. The molecule has 56 heavy (non-hydrogen) atoms. The van der Waals surface area contributed by atoms with Gasteiger partial charge in [-0.05, 0) is 174 Å². The Morgan fingerprint density at radius 3 is 0.911 bits per heavy atom. The standard InChI is InChI=1S/2C26H20F2/c1-17-13-23(14-18(2)19(17)3)11-9-21-5-7-22(8-6-21)10-12-24-15-25(27)20(4)26(28)16-24;1-17-5-7-21(8-6-17)11-12-24-25(27)15-23(16-26(24)28)10-9-22-13-18(2)20(4)19(3)14-22/h2*5-8,13-16H,1-4H3. The molecule has 0 atom stereocenters. The topological polar surface area (TPSA) is 0 Å². The Balaban J connectivity index is 0.000000214. The second-order valence-electron chi connectivity index (χ2n) is 13.8. The molecular weight excluding hydrogens is 701 g/mol. The van der Waals surface area contributed by atoms with Crippen LogP contribution in [0.3, 0.4) is 0 Å². The van der Waals surface area contributed by atoms with Crippen molar-refractivity contribution in [3.63, 3.8) is 0 Å². The van der Waals surface area contributed by atoms with Crippen LogP contribution in [0.25, 0.3) is 0 Å². The Morgan fingerprint density at radius 2 is 0.554 bits per heavy atom. The largest absolute Gasteiger partial charge is 0.207 e. The van der Waals surface area contributed by atoms with Crippen molar-refractivity contribution in [2.45, 2.75) is 55.4 Å². The molecule has 0 amide bonds. The fourth-order valence-corrected chi connectivity index (χ4v) is 5.54. The third-order valence-corrected chi connectivity index (χ3v) is 9.50. The number of halogens is 4. The second-order valence-corrected chi connectivity index (χ2v) is 13.8. The summed E-state index contributed by atoms with van der Waals surface area (Å²) in [5.74, 6) is 20.7. The minimum Gasteiger partial charge on any atom is -0.207 e. The van der Waals surface area contributed by atoms with Crippen molar-refractivity contribution in [2.75, 3.05) is 0 Å². The predicted molar refractivity (Wildman–Crippen MR) is 220 cm³/mol. The third-order valence-electron chi connectivity index (χ3n) is 9.50. The number of hydrogen-bond donors (Lipinski definition) is 0. The van der Waals surface area contributed by atoms with Crippen LogP contribution in [0.5, 0.6) is 0 Å². The molecule has 0 fully saturated rings. The summed E-state index contributed by atoms with van der Waals surface area (Å²) >= 11 is 0. The molecule has 0 aliphatic rings. The van der Waals surface area contributed by atoms with E-state index in [-0.39, 0.29) is 16.7 Å². The van der Waals surface area contributed by atoms with Gasteiger partial charge in [-0.2, -0.15) is 0 Å². The molecule has 0 radical (unpaired) electrons. The summed E-state index contributed by atoms with van der Waals surface area (Å²) in [6.45, 7) is 15.8. The fraction of sp³-hybridized carbons (Fsp3) is 0.154. The molecule has 0 saturated heterocycles. The lowest BCUT2D eigenvalue weighted by atomic mass is 10.0. The maximum atomic E-state index is 14.4. The Bertz CT molecular complexity index is 2520. The van der Waals surface area contributed by atoms with Crippen molar-refractivity contribution in [2.24, 2.45) is 0 Å². The van der Waals surface area contributed by atoms with Gasteiger partial charge in [0.15, 0.2) is 0 Å². The summed E-state index contributed by atoms with van der Waals surface area (Å²) in [6, 6.07) is 28.0. The van der Waals surface area contributed by atoms with E-state index in [1.165, 1.54) is 53.4 Å². The van der Waals surface area contributed by atoms with E-state index in [0.29, 0.717) is 11.1 Å². The summed E-state index contributed by atoms with van der Waals surface area (Å²) < 4.78 is 55.9. The first-order chi connectivity index (χ1) is 26.7. The highest BCUT2D eigenvalue weighted by Crippen LogP contribution is 2.18. The minimum atomic E-state index is -0.708. The van der Waals surface area contributed by atoms with Crippen molar-refractivity contribution in [1.82, 2.24) is 0 Å². The summed E-state index contributed by atoms with van der Waals surface area (Å²) in [6.07, 6.45) is 0. The third kappa shape index (κ3) is 10.7. The number of hydrogen-bond acceptors (Lipinski definition) is 0. The molecule has 276 valence electrons. The molecule has 0 saturated carbocycles. The van der Waals surface area contributed by atoms with E-state index < -0.39 is 23.3 Å². The first-order valence-electron chi connectivity index (χ1n) is 18.0. The van der Waals surface area contributed by atoms with Gasteiger partial charge in [0, 0.05) is 44.5 Å². The molecule has 0 aliphatic carbocycles. The van der Waals surface area contributed by atoms with Crippen molar-refractivity contribution < 1.29 is 17.6 Å². The molecule has 4 heteroatoms. The molecule has 0 bridgehead atoms. The zero-order valence-corrected chi connectivity index (χ0v) is 32.7. The van der Waals surface area contributed by atoms with Crippen LogP contribution in [0, 0.1) is 126 Å². The lowest BCUT2D eigenvalue weighted by molar-refractivity contribution is 0.567. The lowest BCUT2D eigenvalue weighted by Gasteiger charge is -2.04. The van der Waals surface area contributed by atoms with E-state index >= 15 is 0 Å². The van der Waals surface area contributed by atoms with Gasteiger partial charge in [-0.1, -0.05) is 65.1 Å². The number of benzene rings is 6. The average Bonchev–Trinajstić information content (AvgIpc) is 3.16. The molecule has 0 aromatic heterocycles. The predicted octanol–water partition coefficient (Wildman–Crippen LogP) is 12.0. The Labute approximate surface area is 328 Å². The molecule has 0 spiro atoms. The van der Waals surface area contributed by atoms with Crippen LogP contribution in [0.15, 0.2) is 97.1 Å². The first-order valence-corrected chi connectivity index (χ1v) is 18.0. The summed E-state index contributed by atoms with van der Waals surface area (Å²) in [7, 11) is 0. The second kappa shape index (κ2) is 18.1. The first kappa shape index (κ1) is 40.5. The van der Waals surface area contributed by atoms with Gasteiger partial charge >= 0.3 is 0 Å². The van der Waals surface area contributed by atoms with Crippen LogP contribution in [-0.2, 0) is 0 Å². The zero-order valence-electron chi connectivity index (χ0n) is 32.7. The van der Waals surface area contributed by atoms with Crippen molar-refractivity contribution in [3.05, 3.63) is 209 Å². The zero-order chi connectivity index (χ0) is 40.5. The van der Waals surface area contributed by atoms with E-state index in [1.54, 1.807) is 0 Å². The van der Waals surface area contributed by atoms with Crippen molar-refractivity contribution in [3.8, 4) is 47.4 Å². The highest BCUT2D eigenvalue weighted by Gasteiger charge is 2.09. The van der Waals surface area contributed by atoms with Gasteiger partial charge in [0.2, 0.25) is 0 Å². The normalized spacial score (nSPS) is 9.93. The lowest BCUT2D eigenvalue weighted by Crippen LogP contribution is -1.93. The van der Waals surface area contributed by atoms with Crippen LogP contribution in [-0.4, -0.2) is 0 Å². The monoisotopic (exact) mass is 740 g/mol. The van der Waals surface area contributed by atoms with E-state index in [4.69, 9.17) is 0 Å². The highest BCUT2D eigenvalue weighted by atomic mass is 19.1. The van der Waals surface area contributed by atoms with Crippen LogP contribution in [0.4, 0.5) is 17.6 Å². The molecule has 6 aromatic carbocycles. The molecule has 6 rings (SSSR count). The average molecular weight is 741 g/mol. The summed E-state index contributed by atoms with van der Waals surface area (Å²) in [5, 5.41) is 0. The smallest absolute Gasteiger partial charge is 0.143 e. The van der Waals surface area contributed by atoms with Gasteiger partial charge in [-0.15, -0.1) is 0 Å². The van der Waals surface area contributed by atoms with E-state index in [9.17, 15) is 17.6 Å². The van der Waals surface area contributed by atoms with Gasteiger partial charge < -0.3 is 0 Å². The Hall–Kier alpha value is -6.72. The maximum Gasteiger partial charge on any atom is 0.143 e. The van der Waals surface area contributed by atoms with Crippen LogP contribution in [0.1, 0.15) is 89.0 Å². The fourth-order valence-electron chi connectivity index (χ4n) is 5.54. The van der Waals surface area contributed by atoms with Crippen molar-refractivity contribution >= 4 is 0 Å². The van der Waals surface area contributed by atoms with Gasteiger partial charge in [0.05, 0.1) is 5.56 Å². The molecule has 0 aliphatic heterocycles. The molecule has 0 N–H and O–H groups in total. The van der Waals surface area contributed by atoms with Gasteiger partial charge in [-0.3, -0.25) is 0 Å². The SMILES string of the molecule is Cc1cc(C#Cc2ccc(C#Cc3cc(F)c(C)c(F)c3)cc2)cc(C)c1C.Cc1ccc(C#Cc2c(F)cc(C#Cc3cc(C)c(C)c(C)c3)cc2F)cc1. The summed E-state index contributed by atoms with van der Waals surface area (Å²) in [4.78, 5) is 0. The van der Waals surface area contributed by atoms with Crippen molar-refractivity contribution in [1.29, 1.82) is 0 Å². The maximum absolute atomic E-state index is 14.4. The van der Waals surface area contributed by atoms with E-state index in [2.05, 4.69) is 87.2 Å².